The predicted octanol–water partition coefficient (Wildman–Crippen LogP) is 15.1. The molecule has 1 aliphatic rings. The summed E-state index contributed by atoms with van der Waals surface area (Å²) in [5.74, 6) is 2.78. The molecule has 6 aromatic heterocycles. The number of nitrogens with zero attached hydrogens (tertiary/aromatic N) is 4. The molecule has 11 rings (SSSR count). The van der Waals surface area contributed by atoms with Crippen molar-refractivity contribution in [3.05, 3.63) is 84.9 Å². The summed E-state index contributed by atoms with van der Waals surface area (Å²) in [4.78, 5) is 5.14. The molecule has 65 heavy (non-hydrogen) atoms. The number of anilines is 2. The van der Waals surface area contributed by atoms with Crippen molar-refractivity contribution in [3.63, 3.8) is 0 Å². The van der Waals surface area contributed by atoms with Crippen molar-refractivity contribution in [2.75, 3.05) is 11.5 Å². The van der Waals surface area contributed by atoms with E-state index in [-0.39, 0.29) is 0 Å². The molecule has 0 radical (unpaired) electrons. The highest BCUT2D eigenvalue weighted by Crippen LogP contribution is 2.52. The summed E-state index contributed by atoms with van der Waals surface area (Å²) in [6.45, 7) is 9.49. The molecule has 330 valence electrons. The minimum atomic E-state index is -2.43. The summed E-state index contributed by atoms with van der Waals surface area (Å²) in [6, 6.07) is 32.1. The first-order valence-corrected chi connectivity index (χ1v) is 28.7. The van der Waals surface area contributed by atoms with E-state index in [1.165, 1.54) is 106 Å². The number of furan rings is 2. The van der Waals surface area contributed by atoms with E-state index in [4.69, 9.17) is 37.8 Å². The van der Waals surface area contributed by atoms with E-state index in [1.807, 2.05) is 59.1 Å². The summed E-state index contributed by atoms with van der Waals surface area (Å²) < 4.78 is 32.5. The molecule has 2 unspecified atom stereocenters. The molecule has 0 bridgehead atoms. The van der Waals surface area contributed by atoms with Crippen LogP contribution in [-0.4, -0.2) is 25.6 Å². The standard InChI is InChI=1S/C52H52N6O2S4Si/c1-5-9-15-29(7-3)27-65(28-30(8-4)16-10-6-2)43-25-41(45-35(53)23-33(47-49(45)57-63-55-47)39-21-31-17-11-13-19-37(31)59-39)61-51(43)52-44(65)26-42(62-52)46-36(54)24-34(48-50(46)58-64-56-48)40-22-32-18-12-14-20-38(32)60-40/h11-14,17-26,29-30H,5-10,15-16,27-28,53-54H2,1-4H3. The van der Waals surface area contributed by atoms with Gasteiger partial charge >= 0.3 is 0 Å². The van der Waals surface area contributed by atoms with Crippen molar-refractivity contribution in [2.24, 2.45) is 11.8 Å². The number of hydrogen-bond donors (Lipinski definition) is 2. The van der Waals surface area contributed by atoms with Crippen LogP contribution in [0.2, 0.25) is 12.1 Å². The van der Waals surface area contributed by atoms with Gasteiger partial charge in [0.05, 0.1) is 23.5 Å². The van der Waals surface area contributed by atoms with Crippen molar-refractivity contribution in [1.82, 2.24) is 17.5 Å². The average Bonchev–Trinajstić information content (AvgIpc) is 4.19. The van der Waals surface area contributed by atoms with Gasteiger partial charge in [-0.05, 0) is 82.8 Å². The first-order valence-electron chi connectivity index (χ1n) is 23.2. The second-order valence-electron chi connectivity index (χ2n) is 18.0. The third-order valence-electron chi connectivity index (χ3n) is 14.1. The number of hydrogen-bond acceptors (Lipinski definition) is 12. The highest BCUT2D eigenvalue weighted by molar-refractivity contribution is 7.31. The number of unbranched alkanes of at least 4 members (excludes halogenated alkanes) is 2. The molecule has 0 spiro atoms. The Morgan fingerprint density at radius 2 is 0.985 bits per heavy atom. The van der Waals surface area contributed by atoms with Gasteiger partial charge in [0.2, 0.25) is 0 Å². The number of fused-ring (bicyclic) bond motifs is 7. The van der Waals surface area contributed by atoms with Gasteiger partial charge in [-0.15, -0.1) is 22.7 Å². The molecular formula is C52H52N6O2S4Si. The van der Waals surface area contributed by atoms with Crippen molar-refractivity contribution in [2.45, 2.75) is 91.1 Å². The largest absolute Gasteiger partial charge is 0.456 e. The van der Waals surface area contributed by atoms with E-state index in [1.54, 1.807) is 10.4 Å². The highest BCUT2D eigenvalue weighted by Gasteiger charge is 2.50. The first-order chi connectivity index (χ1) is 31.8. The van der Waals surface area contributed by atoms with E-state index in [2.05, 4.69) is 76.2 Å². The molecule has 0 saturated heterocycles. The van der Waals surface area contributed by atoms with Crippen LogP contribution < -0.4 is 21.8 Å². The Labute approximate surface area is 396 Å². The summed E-state index contributed by atoms with van der Waals surface area (Å²) in [5.41, 5.74) is 24.5. The quantitative estimate of drug-likeness (QED) is 0.0723. The second kappa shape index (κ2) is 17.2. The molecule has 4 aromatic carbocycles. The Morgan fingerprint density at radius 1 is 0.554 bits per heavy atom. The normalized spacial score (nSPS) is 14.3. The Kier molecular flexibility index (Phi) is 11.3. The van der Waals surface area contributed by atoms with Crippen molar-refractivity contribution in [1.29, 1.82) is 0 Å². The molecular weight excluding hydrogens is 897 g/mol. The Morgan fingerprint density at radius 3 is 1.40 bits per heavy atom. The summed E-state index contributed by atoms with van der Waals surface area (Å²) in [6.07, 6.45) is 9.81. The smallest absolute Gasteiger partial charge is 0.137 e. The van der Waals surface area contributed by atoms with Gasteiger partial charge in [-0.1, -0.05) is 115 Å². The van der Waals surface area contributed by atoms with Gasteiger partial charge in [-0.2, -0.15) is 17.5 Å². The van der Waals surface area contributed by atoms with Crippen LogP contribution in [0.15, 0.2) is 93.8 Å². The zero-order chi connectivity index (χ0) is 44.4. The fraction of sp³-hybridized carbons (Fsp3) is 0.308. The minimum Gasteiger partial charge on any atom is -0.456 e. The lowest BCUT2D eigenvalue weighted by Crippen LogP contribution is -2.56. The van der Waals surface area contributed by atoms with Crippen LogP contribution in [0.1, 0.15) is 79.1 Å². The second-order valence-corrected chi connectivity index (χ2v) is 25.2. The van der Waals surface area contributed by atoms with Gasteiger partial charge in [0.15, 0.2) is 0 Å². The van der Waals surface area contributed by atoms with Gasteiger partial charge < -0.3 is 20.3 Å². The summed E-state index contributed by atoms with van der Waals surface area (Å²) in [5, 5.41) is 5.27. The monoisotopic (exact) mass is 948 g/mol. The lowest BCUT2D eigenvalue weighted by molar-refractivity contribution is 0.469. The third kappa shape index (κ3) is 7.16. The van der Waals surface area contributed by atoms with Gasteiger partial charge in [-0.25, -0.2) is 0 Å². The number of nitrogens with two attached hydrogens (primary N) is 2. The van der Waals surface area contributed by atoms with Crippen LogP contribution in [0.25, 0.3) is 97.3 Å². The number of nitrogen functional groups attached to an aromatic ring is 2. The molecule has 4 N–H and O–H groups in total. The van der Waals surface area contributed by atoms with E-state index < -0.39 is 8.07 Å². The van der Waals surface area contributed by atoms with Gasteiger partial charge in [-0.3, -0.25) is 0 Å². The number of aromatic nitrogens is 4. The van der Waals surface area contributed by atoms with Crippen LogP contribution in [0, 0.1) is 11.8 Å². The van der Waals surface area contributed by atoms with Crippen LogP contribution in [0.3, 0.4) is 0 Å². The Balaban J connectivity index is 1.10. The van der Waals surface area contributed by atoms with Crippen molar-refractivity contribution < 1.29 is 8.83 Å². The third-order valence-corrected chi connectivity index (χ3v) is 23.4. The fourth-order valence-electron chi connectivity index (χ4n) is 10.7. The van der Waals surface area contributed by atoms with E-state index >= 15 is 0 Å². The van der Waals surface area contributed by atoms with Crippen molar-refractivity contribution in [3.8, 4) is 53.3 Å². The molecule has 0 saturated carbocycles. The van der Waals surface area contributed by atoms with Crippen LogP contribution >= 0.6 is 46.1 Å². The lowest BCUT2D eigenvalue weighted by atomic mass is 10.0. The van der Waals surface area contributed by atoms with E-state index in [0.717, 1.165) is 77.8 Å². The van der Waals surface area contributed by atoms with E-state index in [9.17, 15) is 0 Å². The molecule has 10 aromatic rings. The molecule has 8 nitrogen and oxygen atoms in total. The molecule has 7 heterocycles. The summed E-state index contributed by atoms with van der Waals surface area (Å²) >= 11 is 6.26. The zero-order valence-electron chi connectivity index (χ0n) is 37.2. The predicted molar refractivity (Wildman–Crippen MR) is 281 cm³/mol. The molecule has 13 heteroatoms. The maximum atomic E-state index is 7.20. The number of para-hydroxylation sites is 2. The molecule has 0 aliphatic carbocycles. The highest BCUT2D eigenvalue weighted by atomic mass is 32.1. The fourth-order valence-corrected chi connectivity index (χ4v) is 22.3. The molecule has 0 fully saturated rings. The number of benzene rings is 4. The summed E-state index contributed by atoms with van der Waals surface area (Å²) in [7, 11) is -2.43. The van der Waals surface area contributed by atoms with Crippen LogP contribution in [0.5, 0.6) is 0 Å². The average molecular weight is 949 g/mol. The molecule has 2 atom stereocenters. The van der Waals surface area contributed by atoms with Crippen LogP contribution in [0.4, 0.5) is 11.4 Å². The van der Waals surface area contributed by atoms with Gasteiger partial charge in [0.25, 0.3) is 0 Å². The van der Waals surface area contributed by atoms with Gasteiger partial charge in [0.1, 0.15) is 52.8 Å². The molecule has 0 amide bonds. The first kappa shape index (κ1) is 42.5. The zero-order valence-corrected chi connectivity index (χ0v) is 41.5. The maximum absolute atomic E-state index is 7.20. The SMILES string of the molecule is CCCCC(CC)C[Si]1(CC(CC)CCCC)c2cc(-c3c(N)cc(-c4cc5ccccc5o4)c4nsnc34)sc2-c2sc(-c3c(N)cc(-c4cc5ccccc5o4)c4nsnc34)cc21. The topological polar surface area (TPSA) is 130 Å². The Hall–Kier alpha value is -5.18. The number of thiophene rings is 2. The minimum absolute atomic E-state index is 0.640. The molecule has 1 aliphatic heterocycles. The van der Waals surface area contributed by atoms with Crippen LogP contribution in [-0.2, 0) is 0 Å². The van der Waals surface area contributed by atoms with Gasteiger partial charge in [0, 0.05) is 63.9 Å². The maximum Gasteiger partial charge on any atom is 0.137 e. The Bertz CT molecular complexity index is 3080. The van der Waals surface area contributed by atoms with E-state index in [0.29, 0.717) is 23.2 Å². The lowest BCUT2D eigenvalue weighted by Gasteiger charge is -2.35. The van der Waals surface area contributed by atoms with Crippen molar-refractivity contribution >= 4 is 120 Å². The number of rotatable bonds is 16.